The minimum atomic E-state index is 0.607. The van der Waals surface area contributed by atoms with E-state index in [1.165, 1.54) is 42.5 Å². The van der Waals surface area contributed by atoms with Gasteiger partial charge in [-0.2, -0.15) is 0 Å². The number of aryl methyl sites for hydroxylation is 1. The zero-order valence-corrected chi connectivity index (χ0v) is 11.3. The summed E-state index contributed by atoms with van der Waals surface area (Å²) in [5, 5.41) is 6.04. The van der Waals surface area contributed by atoms with Crippen LogP contribution in [0.4, 0.5) is 0 Å². The molecular weight excluding hydrogens is 214 g/mol. The zero-order chi connectivity index (χ0) is 11.4. The lowest BCUT2D eigenvalue weighted by Gasteiger charge is -2.30. The molecule has 1 aromatic rings. The Hall–Kier alpha value is -0.340. The molecule has 2 heteroatoms. The van der Waals surface area contributed by atoms with E-state index in [4.69, 9.17) is 0 Å². The normalized spacial score (nSPS) is 18.4. The van der Waals surface area contributed by atoms with Gasteiger partial charge in [0, 0.05) is 10.9 Å². The third-order valence-corrected chi connectivity index (χ3v) is 4.47. The van der Waals surface area contributed by atoms with Crippen molar-refractivity contribution >= 4 is 11.3 Å². The van der Waals surface area contributed by atoms with Crippen molar-refractivity contribution in [2.75, 3.05) is 6.54 Å². The molecule has 1 unspecified atom stereocenters. The van der Waals surface area contributed by atoms with Crippen molar-refractivity contribution in [2.24, 2.45) is 5.92 Å². The molecule has 16 heavy (non-hydrogen) atoms. The van der Waals surface area contributed by atoms with Gasteiger partial charge in [-0.1, -0.05) is 26.2 Å². The lowest BCUT2D eigenvalue weighted by molar-refractivity contribution is 0.261. The minimum absolute atomic E-state index is 0.607. The Bertz CT molecular complexity index is 314. The first kappa shape index (κ1) is 12.1. The van der Waals surface area contributed by atoms with Gasteiger partial charge in [0.1, 0.15) is 0 Å². The summed E-state index contributed by atoms with van der Waals surface area (Å²) in [7, 11) is 0. The molecule has 1 aliphatic rings. The van der Waals surface area contributed by atoms with Crippen LogP contribution in [-0.2, 0) is 0 Å². The smallest absolute Gasteiger partial charge is 0.0331 e. The molecule has 0 saturated heterocycles. The van der Waals surface area contributed by atoms with Crippen LogP contribution in [0.1, 0.15) is 55.5 Å². The van der Waals surface area contributed by atoms with Gasteiger partial charge in [0.05, 0.1) is 0 Å². The van der Waals surface area contributed by atoms with E-state index in [2.05, 4.69) is 30.6 Å². The number of hydrogen-bond acceptors (Lipinski definition) is 2. The van der Waals surface area contributed by atoms with Gasteiger partial charge in [0.15, 0.2) is 0 Å². The lowest BCUT2D eigenvalue weighted by atomic mass is 9.80. The molecule has 0 aromatic carbocycles. The predicted molar refractivity (Wildman–Crippen MR) is 72.0 cm³/mol. The standard InChI is InChI=1S/C14H23NS/c1-3-7-15-14(9-12-5-4-6-12)13-8-11(2)16-10-13/h8,10,12,14-15H,3-7,9H2,1-2H3. The molecule has 1 atom stereocenters. The highest BCUT2D eigenvalue weighted by Gasteiger charge is 2.23. The fourth-order valence-corrected chi connectivity index (χ4v) is 3.12. The third kappa shape index (κ3) is 3.08. The Kier molecular flexibility index (Phi) is 4.42. The van der Waals surface area contributed by atoms with Crippen LogP contribution in [0.15, 0.2) is 11.4 Å². The summed E-state index contributed by atoms with van der Waals surface area (Å²) in [6, 6.07) is 2.96. The van der Waals surface area contributed by atoms with Gasteiger partial charge in [-0.05, 0) is 49.2 Å². The Morgan fingerprint density at radius 2 is 2.31 bits per heavy atom. The van der Waals surface area contributed by atoms with Gasteiger partial charge in [-0.15, -0.1) is 11.3 Å². The number of hydrogen-bond donors (Lipinski definition) is 1. The monoisotopic (exact) mass is 237 g/mol. The van der Waals surface area contributed by atoms with Gasteiger partial charge in [-0.3, -0.25) is 0 Å². The summed E-state index contributed by atoms with van der Waals surface area (Å²) in [4.78, 5) is 1.44. The largest absolute Gasteiger partial charge is 0.310 e. The fourth-order valence-electron chi connectivity index (χ4n) is 2.36. The van der Waals surface area contributed by atoms with Crippen molar-refractivity contribution in [1.29, 1.82) is 0 Å². The lowest BCUT2D eigenvalue weighted by Crippen LogP contribution is -2.26. The van der Waals surface area contributed by atoms with Gasteiger partial charge >= 0.3 is 0 Å². The molecule has 0 bridgehead atoms. The molecule has 1 N–H and O–H groups in total. The molecule has 1 aliphatic carbocycles. The van der Waals surface area contributed by atoms with Crippen LogP contribution in [0.25, 0.3) is 0 Å². The van der Waals surface area contributed by atoms with Crippen LogP contribution in [0.3, 0.4) is 0 Å². The second-order valence-corrected chi connectivity index (χ2v) is 6.15. The molecule has 0 aliphatic heterocycles. The quantitative estimate of drug-likeness (QED) is 0.778. The SMILES string of the molecule is CCCNC(CC1CCC1)c1csc(C)c1. The maximum atomic E-state index is 3.70. The van der Waals surface area contributed by atoms with Crippen LogP contribution >= 0.6 is 11.3 Å². The molecule has 90 valence electrons. The van der Waals surface area contributed by atoms with E-state index in [-0.39, 0.29) is 0 Å². The van der Waals surface area contributed by atoms with Crippen molar-refractivity contribution < 1.29 is 0 Å². The van der Waals surface area contributed by atoms with Crippen molar-refractivity contribution in [3.8, 4) is 0 Å². The maximum absolute atomic E-state index is 3.70. The van der Waals surface area contributed by atoms with E-state index >= 15 is 0 Å². The maximum Gasteiger partial charge on any atom is 0.0331 e. The molecule has 0 amide bonds. The highest BCUT2D eigenvalue weighted by molar-refractivity contribution is 7.10. The average Bonchev–Trinajstić information content (AvgIpc) is 2.62. The summed E-state index contributed by atoms with van der Waals surface area (Å²) in [5.41, 5.74) is 1.52. The van der Waals surface area contributed by atoms with E-state index in [1.807, 2.05) is 11.3 Å². The Labute approximate surface area is 103 Å². The third-order valence-electron chi connectivity index (χ3n) is 3.59. The highest BCUT2D eigenvalue weighted by Crippen LogP contribution is 2.35. The van der Waals surface area contributed by atoms with Crippen LogP contribution < -0.4 is 5.32 Å². The van der Waals surface area contributed by atoms with Crippen molar-refractivity contribution in [3.05, 3.63) is 21.9 Å². The molecule has 1 saturated carbocycles. The van der Waals surface area contributed by atoms with Crippen molar-refractivity contribution in [2.45, 2.75) is 52.0 Å². The Morgan fingerprint density at radius 3 is 2.81 bits per heavy atom. The second-order valence-electron chi connectivity index (χ2n) is 5.03. The van der Waals surface area contributed by atoms with E-state index in [1.54, 1.807) is 0 Å². The van der Waals surface area contributed by atoms with E-state index < -0.39 is 0 Å². The topological polar surface area (TPSA) is 12.0 Å². The van der Waals surface area contributed by atoms with E-state index in [0.717, 1.165) is 12.5 Å². The minimum Gasteiger partial charge on any atom is -0.310 e. The number of nitrogens with one attached hydrogen (secondary N) is 1. The Morgan fingerprint density at radius 1 is 1.50 bits per heavy atom. The van der Waals surface area contributed by atoms with Gasteiger partial charge in [0.25, 0.3) is 0 Å². The Balaban J connectivity index is 1.95. The molecule has 2 rings (SSSR count). The van der Waals surface area contributed by atoms with Crippen LogP contribution in [0.2, 0.25) is 0 Å². The summed E-state index contributed by atoms with van der Waals surface area (Å²) in [5.74, 6) is 0.981. The first-order chi connectivity index (χ1) is 7.79. The number of rotatable bonds is 6. The van der Waals surface area contributed by atoms with Crippen LogP contribution in [0.5, 0.6) is 0 Å². The van der Waals surface area contributed by atoms with Crippen molar-refractivity contribution in [3.63, 3.8) is 0 Å². The zero-order valence-electron chi connectivity index (χ0n) is 10.5. The summed E-state index contributed by atoms with van der Waals surface area (Å²) >= 11 is 1.88. The van der Waals surface area contributed by atoms with Gasteiger partial charge in [-0.25, -0.2) is 0 Å². The molecule has 0 spiro atoms. The van der Waals surface area contributed by atoms with Gasteiger partial charge in [0.2, 0.25) is 0 Å². The second kappa shape index (κ2) is 5.83. The van der Waals surface area contributed by atoms with Gasteiger partial charge < -0.3 is 5.32 Å². The predicted octanol–water partition coefficient (Wildman–Crippen LogP) is 4.29. The van der Waals surface area contributed by atoms with Crippen molar-refractivity contribution in [1.82, 2.24) is 5.32 Å². The summed E-state index contributed by atoms with van der Waals surface area (Å²) in [6.45, 7) is 5.59. The van der Waals surface area contributed by atoms with E-state index in [9.17, 15) is 0 Å². The molecule has 0 radical (unpaired) electrons. The molecule has 1 aromatic heterocycles. The molecular formula is C14H23NS. The fraction of sp³-hybridized carbons (Fsp3) is 0.714. The van der Waals surface area contributed by atoms with Crippen LogP contribution in [-0.4, -0.2) is 6.54 Å². The van der Waals surface area contributed by atoms with E-state index in [0.29, 0.717) is 6.04 Å². The average molecular weight is 237 g/mol. The first-order valence-corrected chi connectivity index (χ1v) is 7.46. The summed E-state index contributed by atoms with van der Waals surface area (Å²) < 4.78 is 0. The molecule has 1 heterocycles. The highest BCUT2D eigenvalue weighted by atomic mass is 32.1. The first-order valence-electron chi connectivity index (χ1n) is 6.58. The molecule has 1 nitrogen and oxygen atoms in total. The van der Waals surface area contributed by atoms with Crippen LogP contribution in [0, 0.1) is 12.8 Å². The number of thiophene rings is 1. The summed E-state index contributed by atoms with van der Waals surface area (Å²) in [6.07, 6.45) is 6.93. The molecule has 1 fully saturated rings.